The molecule has 0 spiro atoms. The molecule has 1 aliphatic rings. The van der Waals surface area contributed by atoms with Crippen molar-refractivity contribution < 1.29 is 19.1 Å². The Kier molecular flexibility index (Phi) is 4.09. The highest BCUT2D eigenvalue weighted by Gasteiger charge is 2.48. The predicted molar refractivity (Wildman–Crippen MR) is 72.9 cm³/mol. The van der Waals surface area contributed by atoms with Crippen LogP contribution in [0.5, 0.6) is 0 Å². The lowest BCUT2D eigenvalue weighted by Crippen LogP contribution is -2.49. The second kappa shape index (κ2) is 5.63. The summed E-state index contributed by atoms with van der Waals surface area (Å²) >= 11 is 0. The standard InChI is InChI=1S/C15H19NO4/c1-11-13(9-17)16(15(2,3)20-11)14(18)19-10-12-7-5-4-6-8-12/h4-9,11,13H,10H2,1-3H3/t11-,13-/m1/s1. The van der Waals surface area contributed by atoms with E-state index < -0.39 is 17.9 Å². The first-order valence-corrected chi connectivity index (χ1v) is 6.59. The summed E-state index contributed by atoms with van der Waals surface area (Å²) in [5.74, 6) is 0. The maximum absolute atomic E-state index is 12.2. The van der Waals surface area contributed by atoms with Crippen LogP contribution >= 0.6 is 0 Å². The number of nitrogens with zero attached hydrogens (tertiary/aromatic N) is 1. The molecule has 0 unspecified atom stereocenters. The fourth-order valence-corrected chi connectivity index (χ4v) is 2.45. The monoisotopic (exact) mass is 277 g/mol. The van der Waals surface area contributed by atoms with Crippen LogP contribution in [0.25, 0.3) is 0 Å². The van der Waals surface area contributed by atoms with Gasteiger partial charge < -0.3 is 14.3 Å². The number of carbonyl (C=O) groups excluding carboxylic acids is 2. The SMILES string of the molecule is C[C@H]1OC(C)(C)N(C(=O)OCc2ccccc2)[C@@H]1C=O. The molecule has 1 aromatic rings. The van der Waals surface area contributed by atoms with Crippen molar-refractivity contribution in [3.05, 3.63) is 35.9 Å². The lowest BCUT2D eigenvalue weighted by molar-refractivity contribution is -0.112. The third-order valence-electron chi connectivity index (χ3n) is 3.37. The molecule has 0 radical (unpaired) electrons. The molecule has 2 atom stereocenters. The Morgan fingerprint density at radius 2 is 2.05 bits per heavy atom. The second-order valence-electron chi connectivity index (χ2n) is 5.31. The number of amides is 1. The van der Waals surface area contributed by atoms with Gasteiger partial charge in [-0.3, -0.25) is 4.90 Å². The summed E-state index contributed by atoms with van der Waals surface area (Å²) < 4.78 is 10.9. The van der Waals surface area contributed by atoms with Crippen molar-refractivity contribution in [2.24, 2.45) is 0 Å². The number of rotatable bonds is 3. The van der Waals surface area contributed by atoms with Gasteiger partial charge in [-0.15, -0.1) is 0 Å². The molecule has 1 heterocycles. The first kappa shape index (κ1) is 14.5. The van der Waals surface area contributed by atoms with Crippen molar-refractivity contribution in [3.8, 4) is 0 Å². The van der Waals surface area contributed by atoms with Crippen molar-refractivity contribution in [1.82, 2.24) is 4.90 Å². The average Bonchev–Trinajstić information content (AvgIpc) is 2.65. The van der Waals surface area contributed by atoms with Gasteiger partial charge in [0.25, 0.3) is 0 Å². The van der Waals surface area contributed by atoms with Crippen LogP contribution in [0.1, 0.15) is 26.3 Å². The van der Waals surface area contributed by atoms with Crippen molar-refractivity contribution in [2.45, 2.75) is 45.2 Å². The Morgan fingerprint density at radius 3 is 2.65 bits per heavy atom. The zero-order chi connectivity index (χ0) is 14.8. The number of ether oxygens (including phenoxy) is 2. The molecule has 0 N–H and O–H groups in total. The van der Waals surface area contributed by atoms with E-state index in [0.29, 0.717) is 0 Å². The van der Waals surface area contributed by atoms with Crippen LogP contribution in [-0.2, 0) is 20.9 Å². The molecule has 1 saturated heterocycles. The third kappa shape index (κ3) is 2.82. The molecule has 0 bridgehead atoms. The Bertz CT molecular complexity index is 486. The molecule has 0 saturated carbocycles. The Labute approximate surface area is 118 Å². The fourth-order valence-electron chi connectivity index (χ4n) is 2.45. The van der Waals surface area contributed by atoms with Crippen LogP contribution in [0.2, 0.25) is 0 Å². The van der Waals surface area contributed by atoms with Crippen LogP contribution in [0.4, 0.5) is 4.79 Å². The molecule has 0 aliphatic carbocycles. The number of aldehydes is 1. The van der Waals surface area contributed by atoms with Gasteiger partial charge in [-0.25, -0.2) is 4.79 Å². The topological polar surface area (TPSA) is 55.8 Å². The second-order valence-corrected chi connectivity index (χ2v) is 5.31. The molecule has 1 aliphatic heterocycles. The molecular formula is C15H19NO4. The summed E-state index contributed by atoms with van der Waals surface area (Å²) in [6.07, 6.45) is -0.157. The third-order valence-corrected chi connectivity index (χ3v) is 3.37. The highest BCUT2D eigenvalue weighted by atomic mass is 16.6. The summed E-state index contributed by atoms with van der Waals surface area (Å²) in [6, 6.07) is 8.78. The largest absolute Gasteiger partial charge is 0.444 e. The van der Waals surface area contributed by atoms with Crippen LogP contribution in [0.3, 0.4) is 0 Å². The zero-order valence-electron chi connectivity index (χ0n) is 11.9. The first-order chi connectivity index (χ1) is 9.45. The summed E-state index contributed by atoms with van der Waals surface area (Å²) in [4.78, 5) is 24.7. The smallest absolute Gasteiger partial charge is 0.413 e. The average molecular weight is 277 g/mol. The van der Waals surface area contributed by atoms with Crippen LogP contribution in [-0.4, -0.2) is 35.2 Å². The van der Waals surface area contributed by atoms with Gasteiger partial charge in [0.15, 0.2) is 0 Å². The van der Waals surface area contributed by atoms with Crippen molar-refractivity contribution in [3.63, 3.8) is 0 Å². The first-order valence-electron chi connectivity index (χ1n) is 6.59. The maximum Gasteiger partial charge on any atom is 0.413 e. The number of carbonyl (C=O) groups is 2. The van der Waals surface area contributed by atoms with Gasteiger partial charge in [0.2, 0.25) is 0 Å². The van der Waals surface area contributed by atoms with Crippen molar-refractivity contribution in [1.29, 1.82) is 0 Å². The highest BCUT2D eigenvalue weighted by Crippen LogP contribution is 2.31. The van der Waals surface area contributed by atoms with E-state index >= 15 is 0 Å². The molecule has 5 heteroatoms. The van der Waals surface area contributed by atoms with E-state index in [1.54, 1.807) is 20.8 Å². The van der Waals surface area contributed by atoms with E-state index in [9.17, 15) is 9.59 Å². The van der Waals surface area contributed by atoms with Crippen molar-refractivity contribution >= 4 is 12.4 Å². The van der Waals surface area contributed by atoms with Gasteiger partial charge in [0.05, 0.1) is 6.10 Å². The summed E-state index contributed by atoms with van der Waals surface area (Å²) in [6.45, 7) is 5.44. The highest BCUT2D eigenvalue weighted by molar-refractivity contribution is 5.75. The van der Waals surface area contributed by atoms with Gasteiger partial charge in [-0.2, -0.15) is 0 Å². The molecule has 20 heavy (non-hydrogen) atoms. The van der Waals surface area contributed by atoms with Crippen LogP contribution < -0.4 is 0 Å². The van der Waals surface area contributed by atoms with Gasteiger partial charge in [-0.05, 0) is 26.3 Å². The van der Waals surface area contributed by atoms with Gasteiger partial charge in [0, 0.05) is 0 Å². The van der Waals surface area contributed by atoms with Gasteiger partial charge in [0.1, 0.15) is 24.7 Å². The Morgan fingerprint density at radius 1 is 1.40 bits per heavy atom. The summed E-state index contributed by atoms with van der Waals surface area (Å²) in [7, 11) is 0. The molecule has 5 nitrogen and oxygen atoms in total. The minimum Gasteiger partial charge on any atom is -0.444 e. The van der Waals surface area contributed by atoms with Crippen LogP contribution in [0.15, 0.2) is 30.3 Å². The molecule has 1 aromatic carbocycles. The maximum atomic E-state index is 12.2. The normalized spacial score (nSPS) is 24.4. The summed E-state index contributed by atoms with van der Waals surface area (Å²) in [5, 5.41) is 0. The van der Waals surface area contributed by atoms with Crippen LogP contribution in [0, 0.1) is 0 Å². The fraction of sp³-hybridized carbons (Fsp3) is 0.467. The molecule has 1 fully saturated rings. The van der Waals surface area contributed by atoms with E-state index in [-0.39, 0.29) is 12.7 Å². The van der Waals surface area contributed by atoms with E-state index in [0.717, 1.165) is 11.8 Å². The van der Waals surface area contributed by atoms with Gasteiger partial charge in [-0.1, -0.05) is 30.3 Å². The zero-order valence-corrected chi connectivity index (χ0v) is 11.9. The Balaban J connectivity index is 2.05. The summed E-state index contributed by atoms with van der Waals surface area (Å²) in [5.41, 5.74) is 0.0492. The van der Waals surface area contributed by atoms with E-state index in [1.807, 2.05) is 30.3 Å². The van der Waals surface area contributed by atoms with E-state index in [4.69, 9.17) is 9.47 Å². The minimum atomic E-state index is -0.848. The minimum absolute atomic E-state index is 0.173. The number of hydrogen-bond acceptors (Lipinski definition) is 4. The molecule has 108 valence electrons. The lowest BCUT2D eigenvalue weighted by Gasteiger charge is -2.30. The predicted octanol–water partition coefficient (Wildman–Crippen LogP) is 2.35. The number of hydrogen-bond donors (Lipinski definition) is 0. The Hall–Kier alpha value is -1.88. The van der Waals surface area contributed by atoms with E-state index in [1.165, 1.54) is 4.90 Å². The molecular weight excluding hydrogens is 258 g/mol. The molecule has 1 amide bonds. The lowest BCUT2D eigenvalue weighted by atomic mass is 10.2. The molecule has 2 rings (SSSR count). The molecule has 0 aromatic heterocycles. The van der Waals surface area contributed by atoms with Crippen molar-refractivity contribution in [2.75, 3.05) is 0 Å². The number of benzene rings is 1. The van der Waals surface area contributed by atoms with Gasteiger partial charge >= 0.3 is 6.09 Å². The van der Waals surface area contributed by atoms with E-state index in [2.05, 4.69) is 0 Å². The quantitative estimate of drug-likeness (QED) is 0.796.